The number of amides is 1. The number of unbranched alkanes of at least 4 members (excludes halogenated alkanes) is 1. The highest BCUT2D eigenvalue weighted by atomic mass is 16.6. The lowest BCUT2D eigenvalue weighted by atomic mass is 10.2. The number of Topliss-reactive ketones (excluding diaryl/α,β-unsaturated/α-hetero) is 1. The molecule has 1 amide bonds. The van der Waals surface area contributed by atoms with E-state index < -0.39 is 22.9 Å². The zero-order chi connectivity index (χ0) is 23.8. The fourth-order valence-electron chi connectivity index (χ4n) is 4.17. The summed E-state index contributed by atoms with van der Waals surface area (Å²) in [7, 11) is 3.33. The summed E-state index contributed by atoms with van der Waals surface area (Å²) in [5.41, 5.74) is -0.839. The van der Waals surface area contributed by atoms with Gasteiger partial charge in [-0.2, -0.15) is 0 Å². The zero-order valence-electron chi connectivity index (χ0n) is 19.8. The standard InChI is InChI=1S/C22H33N5O5/c1-14(28)10-7-8-12-27-19(29)16-18(25(6)20(27)30)23-17(24(16)5)15-11-9-13-26(15)21(31)32-22(2,3)4/h15H,7-13H2,1-6H3. The van der Waals surface area contributed by atoms with Gasteiger partial charge in [0.15, 0.2) is 11.2 Å². The molecule has 32 heavy (non-hydrogen) atoms. The van der Waals surface area contributed by atoms with Gasteiger partial charge >= 0.3 is 11.8 Å². The van der Waals surface area contributed by atoms with Crippen LogP contribution in [0.4, 0.5) is 4.79 Å². The molecule has 0 aromatic carbocycles. The van der Waals surface area contributed by atoms with Crippen LogP contribution in [0.1, 0.15) is 71.7 Å². The number of nitrogens with zero attached hydrogens (tertiary/aromatic N) is 5. The number of likely N-dealkylation sites (tertiary alicyclic amines) is 1. The van der Waals surface area contributed by atoms with E-state index in [4.69, 9.17) is 4.74 Å². The lowest BCUT2D eigenvalue weighted by molar-refractivity contribution is -0.117. The van der Waals surface area contributed by atoms with Gasteiger partial charge in [-0.1, -0.05) is 0 Å². The van der Waals surface area contributed by atoms with Crippen LogP contribution in [-0.4, -0.2) is 47.6 Å². The monoisotopic (exact) mass is 447 g/mol. The molecule has 0 saturated carbocycles. The predicted molar refractivity (Wildman–Crippen MR) is 120 cm³/mol. The minimum atomic E-state index is -0.614. The molecule has 1 unspecified atom stereocenters. The number of carbonyl (C=O) groups is 2. The highest BCUT2D eigenvalue weighted by Gasteiger charge is 2.36. The molecule has 2 aromatic heterocycles. The lowest BCUT2D eigenvalue weighted by Crippen LogP contribution is -2.39. The van der Waals surface area contributed by atoms with Crippen LogP contribution in [0.15, 0.2) is 9.59 Å². The molecule has 0 N–H and O–H groups in total. The average Bonchev–Trinajstić information content (AvgIpc) is 3.28. The van der Waals surface area contributed by atoms with Gasteiger partial charge in [-0.05, 0) is 53.4 Å². The van der Waals surface area contributed by atoms with Crippen molar-refractivity contribution in [1.29, 1.82) is 0 Å². The van der Waals surface area contributed by atoms with Crippen LogP contribution >= 0.6 is 0 Å². The van der Waals surface area contributed by atoms with E-state index in [2.05, 4.69) is 4.98 Å². The summed E-state index contributed by atoms with van der Waals surface area (Å²) in [5.74, 6) is 0.646. The SMILES string of the molecule is CC(=O)CCCCn1c(=O)c2c(nc(C3CCCN3C(=O)OC(C)(C)C)n2C)n(C)c1=O. The summed E-state index contributed by atoms with van der Waals surface area (Å²) in [6.45, 7) is 7.77. The van der Waals surface area contributed by atoms with Crippen LogP contribution < -0.4 is 11.2 Å². The molecule has 1 aliphatic rings. The second-order valence-electron chi connectivity index (χ2n) is 9.49. The Labute approximate surface area is 186 Å². The Morgan fingerprint density at radius 3 is 2.44 bits per heavy atom. The summed E-state index contributed by atoms with van der Waals surface area (Å²) in [6, 6.07) is -0.333. The van der Waals surface area contributed by atoms with Gasteiger partial charge in [0.05, 0.1) is 6.04 Å². The van der Waals surface area contributed by atoms with Crippen LogP contribution in [0.3, 0.4) is 0 Å². The van der Waals surface area contributed by atoms with Crippen molar-refractivity contribution < 1.29 is 14.3 Å². The molecule has 1 fully saturated rings. The van der Waals surface area contributed by atoms with E-state index in [0.717, 1.165) is 6.42 Å². The summed E-state index contributed by atoms with van der Waals surface area (Å²) in [5, 5.41) is 0. The van der Waals surface area contributed by atoms with Crippen LogP contribution in [0.2, 0.25) is 0 Å². The van der Waals surface area contributed by atoms with Crippen LogP contribution in [-0.2, 0) is 30.2 Å². The van der Waals surface area contributed by atoms with Crippen molar-refractivity contribution >= 4 is 23.0 Å². The fraction of sp³-hybridized carbons (Fsp3) is 0.682. The van der Waals surface area contributed by atoms with E-state index in [9.17, 15) is 19.2 Å². The molecule has 10 nitrogen and oxygen atoms in total. The smallest absolute Gasteiger partial charge is 0.410 e. The number of aromatic nitrogens is 4. The molecule has 0 radical (unpaired) electrons. The predicted octanol–water partition coefficient (Wildman–Crippen LogP) is 2.27. The molecule has 0 aliphatic carbocycles. The Balaban J connectivity index is 1.99. The number of fused-ring (bicyclic) bond motifs is 1. The Morgan fingerprint density at radius 1 is 1.12 bits per heavy atom. The van der Waals surface area contributed by atoms with Crippen molar-refractivity contribution in [3.8, 4) is 0 Å². The maximum Gasteiger partial charge on any atom is 0.410 e. The first kappa shape index (κ1) is 23.7. The number of rotatable bonds is 6. The number of aryl methyl sites for hydroxylation is 2. The minimum absolute atomic E-state index is 0.0862. The average molecular weight is 448 g/mol. The summed E-state index contributed by atoms with van der Waals surface area (Å²) in [6.07, 6.45) is 2.68. The number of carbonyl (C=O) groups excluding carboxylic acids is 2. The summed E-state index contributed by atoms with van der Waals surface area (Å²) < 4.78 is 9.82. The molecule has 10 heteroatoms. The Bertz CT molecular complexity index is 1150. The molecule has 0 spiro atoms. The van der Waals surface area contributed by atoms with Gasteiger partial charge in [0, 0.05) is 33.6 Å². The van der Waals surface area contributed by atoms with E-state index in [1.807, 2.05) is 20.8 Å². The number of hydrogen-bond donors (Lipinski definition) is 0. The van der Waals surface area contributed by atoms with Crippen molar-refractivity contribution in [3.05, 3.63) is 26.7 Å². The Kier molecular flexibility index (Phi) is 6.61. The first-order chi connectivity index (χ1) is 14.9. The number of ketones is 1. The molecular formula is C22H33N5O5. The maximum atomic E-state index is 13.2. The molecule has 0 bridgehead atoms. The third kappa shape index (κ3) is 4.63. The summed E-state index contributed by atoms with van der Waals surface area (Å²) in [4.78, 5) is 56.2. The highest BCUT2D eigenvalue weighted by Crippen LogP contribution is 2.33. The molecule has 3 rings (SSSR count). The zero-order valence-corrected chi connectivity index (χ0v) is 19.8. The molecule has 2 aromatic rings. The van der Waals surface area contributed by atoms with Crippen molar-refractivity contribution in [2.45, 2.75) is 78.0 Å². The Morgan fingerprint density at radius 2 is 1.81 bits per heavy atom. The van der Waals surface area contributed by atoms with E-state index in [0.29, 0.717) is 49.2 Å². The van der Waals surface area contributed by atoms with Gasteiger partial charge in [0.25, 0.3) is 5.56 Å². The van der Waals surface area contributed by atoms with Crippen molar-refractivity contribution in [2.24, 2.45) is 14.1 Å². The van der Waals surface area contributed by atoms with E-state index in [1.165, 1.54) is 16.1 Å². The molecule has 1 atom stereocenters. The fourth-order valence-corrected chi connectivity index (χ4v) is 4.17. The minimum Gasteiger partial charge on any atom is -0.444 e. The van der Waals surface area contributed by atoms with Gasteiger partial charge in [0.1, 0.15) is 17.2 Å². The third-order valence-corrected chi connectivity index (χ3v) is 5.73. The van der Waals surface area contributed by atoms with Crippen LogP contribution in [0, 0.1) is 0 Å². The van der Waals surface area contributed by atoms with Gasteiger partial charge in [-0.15, -0.1) is 0 Å². The van der Waals surface area contributed by atoms with Crippen LogP contribution in [0.5, 0.6) is 0 Å². The largest absolute Gasteiger partial charge is 0.444 e. The van der Waals surface area contributed by atoms with Gasteiger partial charge in [-0.3, -0.25) is 18.8 Å². The normalized spacial score (nSPS) is 16.7. The van der Waals surface area contributed by atoms with Gasteiger partial charge in [0.2, 0.25) is 0 Å². The number of imidazole rings is 1. The highest BCUT2D eigenvalue weighted by molar-refractivity contribution is 5.75. The molecule has 176 valence electrons. The lowest BCUT2D eigenvalue weighted by Gasteiger charge is -2.28. The van der Waals surface area contributed by atoms with E-state index in [1.54, 1.807) is 23.6 Å². The molecule has 1 saturated heterocycles. The second kappa shape index (κ2) is 8.91. The molecule has 1 aliphatic heterocycles. The van der Waals surface area contributed by atoms with Gasteiger partial charge in [-0.25, -0.2) is 14.6 Å². The van der Waals surface area contributed by atoms with Crippen molar-refractivity contribution in [2.75, 3.05) is 6.54 Å². The first-order valence-corrected chi connectivity index (χ1v) is 11.1. The number of ether oxygens (including phenoxy) is 1. The van der Waals surface area contributed by atoms with Crippen LogP contribution in [0.25, 0.3) is 11.2 Å². The van der Waals surface area contributed by atoms with E-state index >= 15 is 0 Å². The van der Waals surface area contributed by atoms with Gasteiger partial charge < -0.3 is 14.1 Å². The number of hydrogen-bond acceptors (Lipinski definition) is 6. The third-order valence-electron chi connectivity index (χ3n) is 5.73. The van der Waals surface area contributed by atoms with Crippen molar-refractivity contribution in [3.63, 3.8) is 0 Å². The first-order valence-electron chi connectivity index (χ1n) is 11.1. The van der Waals surface area contributed by atoms with E-state index in [-0.39, 0.29) is 18.4 Å². The topological polar surface area (TPSA) is 108 Å². The second-order valence-corrected chi connectivity index (χ2v) is 9.49. The molecular weight excluding hydrogens is 414 g/mol. The summed E-state index contributed by atoms with van der Waals surface area (Å²) >= 11 is 0. The Hall–Kier alpha value is -2.91. The van der Waals surface area contributed by atoms with Crippen molar-refractivity contribution in [1.82, 2.24) is 23.6 Å². The maximum absolute atomic E-state index is 13.2. The molecule has 3 heterocycles. The quantitative estimate of drug-likeness (QED) is 0.629.